The first-order chi connectivity index (χ1) is 8.08. The molecule has 2 heterocycles. The molecular weight excluding hydrogens is 278 g/mol. The first-order valence-electron chi connectivity index (χ1n) is 6.06. The highest BCUT2D eigenvalue weighted by Crippen LogP contribution is 2.12. The van der Waals surface area contributed by atoms with Crippen molar-refractivity contribution in [3.8, 4) is 0 Å². The Kier molecular flexibility index (Phi) is 5.84. The molecule has 0 aromatic carbocycles. The fourth-order valence-electron chi connectivity index (χ4n) is 2.28. The summed E-state index contributed by atoms with van der Waals surface area (Å²) in [6.45, 7) is 2.21. The van der Waals surface area contributed by atoms with Crippen molar-refractivity contribution in [1.82, 2.24) is 14.9 Å². The SMILES string of the molecule is Cl.O=C(CN1CCCS1(=O)=O)NC1CCCNC1. The van der Waals surface area contributed by atoms with Crippen molar-refractivity contribution >= 4 is 28.3 Å². The summed E-state index contributed by atoms with van der Waals surface area (Å²) in [5, 5.41) is 6.08. The summed E-state index contributed by atoms with van der Waals surface area (Å²) >= 11 is 0. The molecule has 0 aromatic rings. The van der Waals surface area contributed by atoms with Crippen LogP contribution in [-0.4, -0.2) is 56.6 Å². The summed E-state index contributed by atoms with van der Waals surface area (Å²) in [5.74, 6) is -0.0187. The summed E-state index contributed by atoms with van der Waals surface area (Å²) in [6.07, 6.45) is 2.64. The smallest absolute Gasteiger partial charge is 0.235 e. The molecule has 0 aromatic heterocycles. The molecule has 2 fully saturated rings. The topological polar surface area (TPSA) is 78.5 Å². The number of rotatable bonds is 3. The van der Waals surface area contributed by atoms with Crippen LogP contribution in [0.25, 0.3) is 0 Å². The van der Waals surface area contributed by atoms with Crippen molar-refractivity contribution in [3.05, 3.63) is 0 Å². The number of nitrogens with one attached hydrogen (secondary N) is 2. The van der Waals surface area contributed by atoms with Gasteiger partial charge in [-0.2, -0.15) is 4.31 Å². The van der Waals surface area contributed by atoms with Crippen LogP contribution in [-0.2, 0) is 14.8 Å². The zero-order valence-corrected chi connectivity index (χ0v) is 11.9. The van der Waals surface area contributed by atoms with Gasteiger partial charge in [-0.05, 0) is 25.8 Å². The zero-order chi connectivity index (χ0) is 12.3. The predicted octanol–water partition coefficient (Wildman–Crippen LogP) is -0.688. The van der Waals surface area contributed by atoms with Gasteiger partial charge in [0.15, 0.2) is 0 Å². The monoisotopic (exact) mass is 297 g/mol. The molecule has 2 aliphatic rings. The van der Waals surface area contributed by atoms with Gasteiger partial charge in [0.05, 0.1) is 12.3 Å². The standard InChI is InChI=1S/C10H19N3O3S.ClH/c14-10(12-9-3-1-4-11-7-9)8-13-5-2-6-17(13,15)16;/h9,11H,1-8H2,(H,12,14);1H. The molecule has 2 N–H and O–H groups in total. The van der Waals surface area contributed by atoms with Gasteiger partial charge in [-0.15, -0.1) is 12.4 Å². The third kappa shape index (κ3) is 4.08. The van der Waals surface area contributed by atoms with Gasteiger partial charge in [-0.3, -0.25) is 4.79 Å². The van der Waals surface area contributed by atoms with E-state index in [2.05, 4.69) is 10.6 Å². The van der Waals surface area contributed by atoms with E-state index in [0.29, 0.717) is 13.0 Å². The van der Waals surface area contributed by atoms with Crippen molar-refractivity contribution in [2.24, 2.45) is 0 Å². The fourth-order valence-corrected chi connectivity index (χ4v) is 3.75. The van der Waals surface area contributed by atoms with Crippen LogP contribution < -0.4 is 10.6 Å². The summed E-state index contributed by atoms with van der Waals surface area (Å²) in [7, 11) is -3.17. The molecule has 0 spiro atoms. The van der Waals surface area contributed by atoms with Crippen LogP contribution in [0.4, 0.5) is 0 Å². The second kappa shape index (κ2) is 6.70. The van der Waals surface area contributed by atoms with E-state index in [9.17, 15) is 13.2 Å². The van der Waals surface area contributed by atoms with E-state index >= 15 is 0 Å². The molecule has 8 heteroatoms. The molecule has 1 unspecified atom stereocenters. The molecule has 2 saturated heterocycles. The molecule has 6 nitrogen and oxygen atoms in total. The lowest BCUT2D eigenvalue weighted by Gasteiger charge is -2.24. The van der Waals surface area contributed by atoms with Crippen molar-refractivity contribution in [2.75, 3.05) is 31.9 Å². The molecule has 0 bridgehead atoms. The Balaban J connectivity index is 0.00000162. The number of piperidine rings is 1. The molecular formula is C10H20ClN3O3S. The first kappa shape index (κ1) is 15.7. The number of nitrogens with zero attached hydrogens (tertiary/aromatic N) is 1. The van der Waals surface area contributed by atoms with Gasteiger partial charge in [-0.1, -0.05) is 0 Å². The average molecular weight is 298 g/mol. The molecule has 2 rings (SSSR count). The highest BCUT2D eigenvalue weighted by molar-refractivity contribution is 7.89. The minimum atomic E-state index is -3.17. The maximum atomic E-state index is 11.7. The molecule has 1 atom stereocenters. The van der Waals surface area contributed by atoms with Crippen LogP contribution in [0.5, 0.6) is 0 Å². The molecule has 0 aliphatic carbocycles. The largest absolute Gasteiger partial charge is 0.351 e. The first-order valence-corrected chi connectivity index (χ1v) is 7.67. The Morgan fingerprint density at radius 2 is 2.17 bits per heavy atom. The van der Waals surface area contributed by atoms with E-state index in [1.165, 1.54) is 4.31 Å². The number of hydrogen-bond acceptors (Lipinski definition) is 4. The summed E-state index contributed by atoms with van der Waals surface area (Å²) in [6, 6.07) is 0.140. The van der Waals surface area contributed by atoms with Crippen molar-refractivity contribution in [1.29, 1.82) is 0 Å². The Morgan fingerprint density at radius 3 is 2.72 bits per heavy atom. The van der Waals surface area contributed by atoms with E-state index < -0.39 is 10.0 Å². The van der Waals surface area contributed by atoms with E-state index in [4.69, 9.17) is 0 Å². The minimum Gasteiger partial charge on any atom is -0.351 e. The fraction of sp³-hybridized carbons (Fsp3) is 0.900. The maximum absolute atomic E-state index is 11.7. The summed E-state index contributed by atoms with van der Waals surface area (Å²) < 4.78 is 24.3. The Bertz CT molecular complexity index is 382. The van der Waals surface area contributed by atoms with Crippen LogP contribution in [0.3, 0.4) is 0 Å². The molecule has 1 amide bonds. The normalized spacial score (nSPS) is 27.4. The van der Waals surface area contributed by atoms with Crippen molar-refractivity contribution in [2.45, 2.75) is 25.3 Å². The molecule has 106 valence electrons. The summed E-state index contributed by atoms with van der Waals surface area (Å²) in [4.78, 5) is 11.7. The number of hydrogen-bond donors (Lipinski definition) is 2. The lowest BCUT2D eigenvalue weighted by molar-refractivity contribution is -0.122. The van der Waals surface area contributed by atoms with Crippen molar-refractivity contribution < 1.29 is 13.2 Å². The van der Waals surface area contributed by atoms with E-state index in [1.54, 1.807) is 0 Å². The van der Waals surface area contributed by atoms with Crippen molar-refractivity contribution in [3.63, 3.8) is 0 Å². The molecule has 0 saturated carbocycles. The van der Waals surface area contributed by atoms with Gasteiger partial charge < -0.3 is 10.6 Å². The number of sulfonamides is 1. The highest BCUT2D eigenvalue weighted by Gasteiger charge is 2.30. The number of carbonyl (C=O) groups is 1. The Hall–Kier alpha value is -0.370. The van der Waals surface area contributed by atoms with Gasteiger partial charge in [-0.25, -0.2) is 8.42 Å². The molecule has 0 radical (unpaired) electrons. The van der Waals surface area contributed by atoms with E-state index in [1.807, 2.05) is 0 Å². The Morgan fingerprint density at radius 1 is 1.39 bits per heavy atom. The minimum absolute atomic E-state index is 0. The van der Waals surface area contributed by atoms with Crippen LogP contribution >= 0.6 is 12.4 Å². The zero-order valence-electron chi connectivity index (χ0n) is 10.2. The third-order valence-corrected chi connectivity index (χ3v) is 5.09. The van der Waals surface area contributed by atoms with E-state index in [-0.39, 0.29) is 36.7 Å². The number of carbonyl (C=O) groups excluding carboxylic acids is 1. The number of halogens is 1. The van der Waals surface area contributed by atoms with Crippen LogP contribution in [0.1, 0.15) is 19.3 Å². The van der Waals surface area contributed by atoms with Gasteiger partial charge in [0, 0.05) is 19.1 Å². The third-order valence-electron chi connectivity index (χ3n) is 3.19. The molecule has 18 heavy (non-hydrogen) atoms. The predicted molar refractivity (Wildman–Crippen MR) is 71.3 cm³/mol. The lowest BCUT2D eigenvalue weighted by atomic mass is 10.1. The Labute approximate surface area is 114 Å². The lowest BCUT2D eigenvalue weighted by Crippen LogP contribution is -2.48. The van der Waals surface area contributed by atoms with Crippen LogP contribution in [0.2, 0.25) is 0 Å². The highest BCUT2D eigenvalue weighted by atomic mass is 35.5. The average Bonchev–Trinajstić information content (AvgIpc) is 2.59. The quantitative estimate of drug-likeness (QED) is 0.723. The number of amides is 1. The van der Waals surface area contributed by atoms with Gasteiger partial charge in [0.25, 0.3) is 0 Å². The maximum Gasteiger partial charge on any atom is 0.235 e. The second-order valence-corrected chi connectivity index (χ2v) is 6.70. The van der Waals surface area contributed by atoms with Gasteiger partial charge >= 0.3 is 0 Å². The van der Waals surface area contributed by atoms with Crippen LogP contribution in [0, 0.1) is 0 Å². The van der Waals surface area contributed by atoms with Crippen LogP contribution in [0.15, 0.2) is 0 Å². The summed E-state index contributed by atoms with van der Waals surface area (Å²) in [5.41, 5.74) is 0. The van der Waals surface area contributed by atoms with Gasteiger partial charge in [0.2, 0.25) is 15.9 Å². The molecule has 2 aliphatic heterocycles. The van der Waals surface area contributed by atoms with E-state index in [0.717, 1.165) is 25.9 Å². The van der Waals surface area contributed by atoms with Gasteiger partial charge in [0.1, 0.15) is 0 Å². The second-order valence-electron chi connectivity index (χ2n) is 4.61.